The summed E-state index contributed by atoms with van der Waals surface area (Å²) in [6, 6.07) is 1.99. The molecule has 1 aliphatic rings. The van der Waals surface area contributed by atoms with Crippen LogP contribution in [0.25, 0.3) is 0 Å². The van der Waals surface area contributed by atoms with E-state index in [1.165, 1.54) is 0 Å². The van der Waals surface area contributed by atoms with Crippen LogP contribution in [0.2, 0.25) is 0 Å². The highest BCUT2D eigenvalue weighted by Gasteiger charge is 2.30. The number of hydrogen-bond donors (Lipinski definition) is 2. The predicted octanol–water partition coefficient (Wildman–Crippen LogP) is 1.85. The molecule has 0 radical (unpaired) electrons. The van der Waals surface area contributed by atoms with E-state index in [4.69, 9.17) is 5.73 Å². The number of hydrogen-bond acceptors (Lipinski definition) is 3. The lowest BCUT2D eigenvalue weighted by atomic mass is 9.92. The smallest absolute Gasteiger partial charge is 0.122 e. The minimum Gasteiger partial charge on any atom is -0.391 e. The molecular weight excluding hydrogens is 202 g/mol. The molecule has 0 aromatic carbocycles. The average molecular weight is 223 g/mol. The van der Waals surface area contributed by atoms with Crippen LogP contribution < -0.4 is 5.73 Å². The molecule has 1 heterocycles. The highest BCUT2D eigenvalue weighted by Crippen LogP contribution is 2.33. The third-order valence-electron chi connectivity index (χ3n) is 3.29. The van der Waals surface area contributed by atoms with Gasteiger partial charge in [0.05, 0.1) is 17.8 Å². The van der Waals surface area contributed by atoms with Gasteiger partial charge in [0.1, 0.15) is 5.82 Å². The molecule has 0 amide bonds. The lowest BCUT2D eigenvalue weighted by Crippen LogP contribution is -2.21. The summed E-state index contributed by atoms with van der Waals surface area (Å²) in [6.45, 7) is 6.35. The molecule has 4 heteroatoms. The van der Waals surface area contributed by atoms with Crippen LogP contribution in [0.1, 0.15) is 51.8 Å². The molecule has 0 aliphatic heterocycles. The van der Waals surface area contributed by atoms with Gasteiger partial charge in [0, 0.05) is 11.5 Å². The first-order chi connectivity index (χ1) is 7.39. The number of aliphatic hydroxyl groups is 1. The Kier molecular flexibility index (Phi) is 2.70. The van der Waals surface area contributed by atoms with Crippen LogP contribution in [0.5, 0.6) is 0 Å². The normalized spacial score (nSPS) is 26.2. The first-order valence-electron chi connectivity index (χ1n) is 5.93. The van der Waals surface area contributed by atoms with Crippen molar-refractivity contribution in [2.45, 2.75) is 57.6 Å². The molecule has 90 valence electrons. The Morgan fingerprint density at radius 1 is 1.44 bits per heavy atom. The Labute approximate surface area is 96.5 Å². The number of nitrogens with zero attached hydrogens (tertiary/aromatic N) is 2. The Morgan fingerprint density at radius 2 is 2.12 bits per heavy atom. The van der Waals surface area contributed by atoms with Crippen LogP contribution in [0.4, 0.5) is 5.82 Å². The quantitative estimate of drug-likeness (QED) is 0.763. The predicted molar refractivity (Wildman–Crippen MR) is 64.2 cm³/mol. The van der Waals surface area contributed by atoms with E-state index in [-0.39, 0.29) is 17.6 Å². The summed E-state index contributed by atoms with van der Waals surface area (Å²) in [5.74, 6) is 0.663. The van der Waals surface area contributed by atoms with Gasteiger partial charge in [0.2, 0.25) is 0 Å². The number of anilines is 1. The summed E-state index contributed by atoms with van der Waals surface area (Å²) in [5.41, 5.74) is 6.96. The molecule has 0 bridgehead atoms. The van der Waals surface area contributed by atoms with Gasteiger partial charge in [-0.2, -0.15) is 5.10 Å². The minimum absolute atomic E-state index is 0.00290. The third-order valence-corrected chi connectivity index (χ3v) is 3.29. The minimum atomic E-state index is -0.296. The topological polar surface area (TPSA) is 64.1 Å². The summed E-state index contributed by atoms with van der Waals surface area (Å²) in [5, 5.41) is 14.4. The van der Waals surface area contributed by atoms with Crippen molar-refractivity contribution in [1.82, 2.24) is 9.78 Å². The molecule has 1 aromatic heterocycles. The van der Waals surface area contributed by atoms with Crippen LogP contribution >= 0.6 is 0 Å². The Morgan fingerprint density at radius 3 is 2.56 bits per heavy atom. The maximum Gasteiger partial charge on any atom is 0.122 e. The van der Waals surface area contributed by atoms with Gasteiger partial charge >= 0.3 is 0 Å². The van der Waals surface area contributed by atoms with Crippen LogP contribution in [0, 0.1) is 0 Å². The van der Waals surface area contributed by atoms with E-state index >= 15 is 0 Å². The Balaban J connectivity index is 2.32. The first kappa shape index (κ1) is 11.5. The average Bonchev–Trinajstić information content (AvgIpc) is 2.70. The van der Waals surface area contributed by atoms with Gasteiger partial charge in [-0.3, -0.25) is 0 Å². The monoisotopic (exact) mass is 223 g/mol. The van der Waals surface area contributed by atoms with E-state index in [2.05, 4.69) is 25.9 Å². The molecule has 2 unspecified atom stereocenters. The summed E-state index contributed by atoms with van der Waals surface area (Å²) >= 11 is 0. The lowest BCUT2D eigenvalue weighted by Gasteiger charge is -2.18. The van der Waals surface area contributed by atoms with Crippen molar-refractivity contribution < 1.29 is 5.11 Å². The summed E-state index contributed by atoms with van der Waals surface area (Å²) in [4.78, 5) is 0. The molecule has 3 N–H and O–H groups in total. The van der Waals surface area contributed by atoms with Gasteiger partial charge in [0.25, 0.3) is 0 Å². The van der Waals surface area contributed by atoms with Gasteiger partial charge in [0.15, 0.2) is 0 Å². The number of rotatable bonds is 1. The summed E-state index contributed by atoms with van der Waals surface area (Å²) in [7, 11) is 0. The molecule has 1 aliphatic carbocycles. The molecule has 4 nitrogen and oxygen atoms in total. The lowest BCUT2D eigenvalue weighted by molar-refractivity contribution is 0.131. The SMILES string of the molecule is CC(C)(C)c1cc(N)n(C2CCCC2O)n1. The van der Waals surface area contributed by atoms with Crippen molar-refractivity contribution in [2.75, 3.05) is 5.73 Å². The fourth-order valence-electron chi connectivity index (χ4n) is 2.25. The van der Waals surface area contributed by atoms with Crippen molar-refractivity contribution in [2.24, 2.45) is 0 Å². The molecular formula is C12H21N3O. The molecule has 1 saturated carbocycles. The molecule has 1 fully saturated rings. The van der Waals surface area contributed by atoms with E-state index in [1.807, 2.05) is 6.07 Å². The van der Waals surface area contributed by atoms with Crippen molar-refractivity contribution in [1.29, 1.82) is 0 Å². The molecule has 0 spiro atoms. The van der Waals surface area contributed by atoms with Gasteiger partial charge < -0.3 is 10.8 Å². The number of nitrogen functional groups attached to an aromatic ring is 1. The van der Waals surface area contributed by atoms with Crippen LogP contribution in [-0.4, -0.2) is 21.0 Å². The second kappa shape index (κ2) is 3.77. The number of aromatic nitrogens is 2. The van der Waals surface area contributed by atoms with E-state index in [0.29, 0.717) is 5.82 Å². The van der Waals surface area contributed by atoms with Crippen LogP contribution in [0.15, 0.2) is 6.07 Å². The molecule has 2 rings (SSSR count). The zero-order chi connectivity index (χ0) is 11.9. The van der Waals surface area contributed by atoms with E-state index in [9.17, 15) is 5.11 Å². The van der Waals surface area contributed by atoms with Gasteiger partial charge in [-0.05, 0) is 19.3 Å². The number of aliphatic hydroxyl groups excluding tert-OH is 1. The second-order valence-corrected chi connectivity index (χ2v) is 5.71. The third kappa shape index (κ3) is 1.94. The molecule has 16 heavy (non-hydrogen) atoms. The standard InChI is InChI=1S/C12H21N3O/c1-12(2,3)10-7-11(13)15(14-10)8-5-4-6-9(8)16/h7-9,16H,4-6,13H2,1-3H3. The highest BCUT2D eigenvalue weighted by molar-refractivity contribution is 5.34. The maximum atomic E-state index is 9.86. The molecule has 0 saturated heterocycles. The van der Waals surface area contributed by atoms with Gasteiger partial charge in [-0.15, -0.1) is 0 Å². The molecule has 2 atom stereocenters. The largest absolute Gasteiger partial charge is 0.391 e. The maximum absolute atomic E-state index is 9.86. The molecule has 1 aromatic rings. The Bertz CT molecular complexity index is 378. The zero-order valence-electron chi connectivity index (χ0n) is 10.3. The van der Waals surface area contributed by atoms with Crippen molar-refractivity contribution in [3.8, 4) is 0 Å². The van der Waals surface area contributed by atoms with E-state index in [1.54, 1.807) is 4.68 Å². The van der Waals surface area contributed by atoms with Crippen molar-refractivity contribution in [3.63, 3.8) is 0 Å². The van der Waals surface area contributed by atoms with Gasteiger partial charge in [-0.25, -0.2) is 4.68 Å². The first-order valence-corrected chi connectivity index (χ1v) is 5.93. The highest BCUT2D eigenvalue weighted by atomic mass is 16.3. The van der Waals surface area contributed by atoms with Crippen LogP contribution in [-0.2, 0) is 5.41 Å². The van der Waals surface area contributed by atoms with E-state index < -0.39 is 0 Å². The zero-order valence-corrected chi connectivity index (χ0v) is 10.3. The van der Waals surface area contributed by atoms with Crippen molar-refractivity contribution in [3.05, 3.63) is 11.8 Å². The van der Waals surface area contributed by atoms with Gasteiger partial charge in [-0.1, -0.05) is 20.8 Å². The van der Waals surface area contributed by atoms with E-state index in [0.717, 1.165) is 25.0 Å². The van der Waals surface area contributed by atoms with Crippen LogP contribution in [0.3, 0.4) is 0 Å². The van der Waals surface area contributed by atoms with Crippen molar-refractivity contribution >= 4 is 5.82 Å². The summed E-state index contributed by atoms with van der Waals surface area (Å²) < 4.78 is 1.80. The number of nitrogens with two attached hydrogens (primary N) is 1. The Hall–Kier alpha value is -1.03. The fraction of sp³-hybridized carbons (Fsp3) is 0.750. The second-order valence-electron chi connectivity index (χ2n) is 5.71. The fourth-order valence-corrected chi connectivity index (χ4v) is 2.25. The summed E-state index contributed by atoms with van der Waals surface area (Å²) in [6.07, 6.45) is 2.58.